The zero-order valence-electron chi connectivity index (χ0n) is 12.7. The molecule has 0 atom stereocenters. The fourth-order valence-corrected chi connectivity index (χ4v) is 2.19. The Labute approximate surface area is 116 Å². The molecule has 0 N–H and O–H groups in total. The van der Waals surface area contributed by atoms with Crippen LogP contribution in [0.2, 0.25) is 0 Å². The molecule has 0 saturated heterocycles. The SMILES string of the molecule is C/[C]=C\C=C\CCCCCCCCCCCCC. The first-order valence-electron chi connectivity index (χ1n) is 8.07. The minimum absolute atomic E-state index is 1.23. The van der Waals surface area contributed by atoms with Gasteiger partial charge >= 0.3 is 0 Å². The monoisotopic (exact) mass is 249 g/mol. The van der Waals surface area contributed by atoms with Crippen LogP contribution in [-0.4, -0.2) is 0 Å². The summed E-state index contributed by atoms with van der Waals surface area (Å²) in [6, 6.07) is 0. The Morgan fingerprint density at radius 1 is 0.722 bits per heavy atom. The average Bonchev–Trinajstić information content (AvgIpc) is 2.39. The molecule has 0 amide bonds. The number of unbranched alkanes of at least 4 members (excludes halogenated alkanes) is 11. The van der Waals surface area contributed by atoms with Crippen molar-refractivity contribution in [3.63, 3.8) is 0 Å². The molecule has 0 spiro atoms. The van der Waals surface area contributed by atoms with Gasteiger partial charge in [-0.05, 0) is 25.8 Å². The maximum absolute atomic E-state index is 3.00. The van der Waals surface area contributed by atoms with Gasteiger partial charge in [0.05, 0.1) is 0 Å². The minimum atomic E-state index is 1.23. The molecule has 0 aliphatic carbocycles. The van der Waals surface area contributed by atoms with E-state index in [1.54, 1.807) is 0 Å². The maximum Gasteiger partial charge on any atom is -0.0348 e. The van der Waals surface area contributed by atoms with Gasteiger partial charge in [0.1, 0.15) is 0 Å². The number of hydrogen-bond donors (Lipinski definition) is 0. The van der Waals surface area contributed by atoms with E-state index < -0.39 is 0 Å². The van der Waals surface area contributed by atoms with Gasteiger partial charge in [-0.2, -0.15) is 0 Å². The van der Waals surface area contributed by atoms with Crippen molar-refractivity contribution in [2.45, 2.75) is 90.9 Å². The molecule has 0 aliphatic rings. The molecule has 0 rings (SSSR count). The summed E-state index contributed by atoms with van der Waals surface area (Å²) in [5.74, 6) is 0. The number of hydrogen-bond acceptors (Lipinski definition) is 0. The Hall–Kier alpha value is -0.520. The molecule has 0 aromatic rings. The van der Waals surface area contributed by atoms with Gasteiger partial charge in [-0.3, -0.25) is 0 Å². The zero-order chi connectivity index (χ0) is 13.3. The molecule has 1 radical (unpaired) electrons. The van der Waals surface area contributed by atoms with Gasteiger partial charge in [0, 0.05) is 0 Å². The third kappa shape index (κ3) is 15.5. The standard InChI is InChI=1S/C18H33/c1-3-5-7-9-11-13-15-17-18-16-14-12-10-8-6-4-2/h6,8,10H,3,5,7,9,11-18H2,1-2H3/b6-4?,10-8+. The Bertz CT molecular complexity index is 188. The third-order valence-electron chi connectivity index (χ3n) is 3.37. The third-order valence-corrected chi connectivity index (χ3v) is 3.37. The van der Waals surface area contributed by atoms with E-state index in [1.165, 1.54) is 77.0 Å². The lowest BCUT2D eigenvalue weighted by Crippen LogP contribution is -1.81. The molecule has 0 heterocycles. The lowest BCUT2D eigenvalue weighted by molar-refractivity contribution is 0.550. The normalized spacial score (nSPS) is 11.9. The largest absolute Gasteiger partial charge is 0.0845 e. The summed E-state index contributed by atoms with van der Waals surface area (Å²) in [6.07, 6.45) is 26.3. The van der Waals surface area contributed by atoms with Gasteiger partial charge in [-0.15, -0.1) is 0 Å². The van der Waals surface area contributed by atoms with Gasteiger partial charge in [0.2, 0.25) is 0 Å². The fraction of sp³-hybridized carbons (Fsp3) is 0.778. The van der Waals surface area contributed by atoms with Crippen LogP contribution in [0.5, 0.6) is 0 Å². The second-order valence-electron chi connectivity index (χ2n) is 5.21. The van der Waals surface area contributed by atoms with Crippen LogP contribution in [0.1, 0.15) is 90.9 Å². The van der Waals surface area contributed by atoms with Crippen LogP contribution in [0.15, 0.2) is 18.2 Å². The Morgan fingerprint density at radius 2 is 1.22 bits per heavy atom. The van der Waals surface area contributed by atoms with Crippen LogP contribution in [0.25, 0.3) is 0 Å². The molecule has 0 fully saturated rings. The van der Waals surface area contributed by atoms with E-state index in [4.69, 9.17) is 0 Å². The van der Waals surface area contributed by atoms with Crippen molar-refractivity contribution in [3.8, 4) is 0 Å². The van der Waals surface area contributed by atoms with Gasteiger partial charge in [-0.1, -0.05) is 89.4 Å². The van der Waals surface area contributed by atoms with E-state index in [9.17, 15) is 0 Å². The molecule has 105 valence electrons. The highest BCUT2D eigenvalue weighted by Crippen LogP contribution is 2.11. The quantitative estimate of drug-likeness (QED) is 0.254. The fourth-order valence-electron chi connectivity index (χ4n) is 2.19. The molecular weight excluding hydrogens is 216 g/mol. The molecule has 0 saturated carbocycles. The molecule has 0 aromatic carbocycles. The predicted molar refractivity (Wildman–Crippen MR) is 83.7 cm³/mol. The Morgan fingerprint density at radius 3 is 1.72 bits per heavy atom. The molecule has 0 unspecified atom stereocenters. The zero-order valence-corrected chi connectivity index (χ0v) is 12.7. The van der Waals surface area contributed by atoms with Crippen LogP contribution < -0.4 is 0 Å². The van der Waals surface area contributed by atoms with Gasteiger partial charge in [0.15, 0.2) is 0 Å². The number of rotatable bonds is 13. The summed E-state index contributed by atoms with van der Waals surface area (Å²) in [4.78, 5) is 0. The van der Waals surface area contributed by atoms with Crippen molar-refractivity contribution < 1.29 is 0 Å². The molecule has 0 bridgehead atoms. The average molecular weight is 249 g/mol. The van der Waals surface area contributed by atoms with Crippen LogP contribution in [0.4, 0.5) is 0 Å². The second-order valence-corrected chi connectivity index (χ2v) is 5.21. The first-order chi connectivity index (χ1) is 8.91. The first-order valence-corrected chi connectivity index (χ1v) is 8.07. The highest BCUT2D eigenvalue weighted by Gasteiger charge is 1.92. The smallest absolute Gasteiger partial charge is 0.0348 e. The number of allylic oxidation sites excluding steroid dienone is 4. The summed E-state index contributed by atoms with van der Waals surface area (Å²) in [7, 11) is 0. The van der Waals surface area contributed by atoms with Crippen LogP contribution in [-0.2, 0) is 0 Å². The van der Waals surface area contributed by atoms with Crippen LogP contribution in [0, 0.1) is 6.08 Å². The lowest BCUT2D eigenvalue weighted by Gasteiger charge is -2.01. The summed E-state index contributed by atoms with van der Waals surface area (Å²) >= 11 is 0. The molecule has 0 aromatic heterocycles. The highest BCUT2D eigenvalue weighted by atomic mass is 14.0. The van der Waals surface area contributed by atoms with Crippen molar-refractivity contribution in [2.24, 2.45) is 0 Å². The van der Waals surface area contributed by atoms with Gasteiger partial charge < -0.3 is 0 Å². The van der Waals surface area contributed by atoms with E-state index in [1.807, 2.05) is 13.0 Å². The van der Waals surface area contributed by atoms with Crippen molar-refractivity contribution in [1.29, 1.82) is 0 Å². The Balaban J connectivity index is 2.98. The van der Waals surface area contributed by atoms with E-state index >= 15 is 0 Å². The van der Waals surface area contributed by atoms with E-state index in [-0.39, 0.29) is 0 Å². The van der Waals surface area contributed by atoms with Crippen molar-refractivity contribution >= 4 is 0 Å². The summed E-state index contributed by atoms with van der Waals surface area (Å²) in [5.41, 5.74) is 0. The van der Waals surface area contributed by atoms with Crippen molar-refractivity contribution in [1.82, 2.24) is 0 Å². The topological polar surface area (TPSA) is 0 Å². The molecule has 0 aliphatic heterocycles. The van der Waals surface area contributed by atoms with E-state index in [2.05, 4.69) is 25.2 Å². The maximum atomic E-state index is 3.00. The highest BCUT2D eigenvalue weighted by molar-refractivity contribution is 4.97. The summed E-state index contributed by atoms with van der Waals surface area (Å²) in [6.45, 7) is 4.22. The summed E-state index contributed by atoms with van der Waals surface area (Å²) < 4.78 is 0. The second kappa shape index (κ2) is 16.5. The first kappa shape index (κ1) is 17.5. The summed E-state index contributed by atoms with van der Waals surface area (Å²) in [5, 5.41) is 0. The minimum Gasteiger partial charge on any atom is -0.0845 e. The molecule has 0 heteroatoms. The van der Waals surface area contributed by atoms with Crippen molar-refractivity contribution in [2.75, 3.05) is 0 Å². The predicted octanol–water partition coefficient (Wildman–Crippen LogP) is 6.62. The van der Waals surface area contributed by atoms with Gasteiger partial charge in [-0.25, -0.2) is 0 Å². The Kier molecular flexibility index (Phi) is 16.0. The molecular formula is C18H33. The lowest BCUT2D eigenvalue weighted by atomic mass is 10.1. The van der Waals surface area contributed by atoms with Crippen LogP contribution in [0.3, 0.4) is 0 Å². The van der Waals surface area contributed by atoms with E-state index in [0.717, 1.165) is 0 Å². The van der Waals surface area contributed by atoms with Gasteiger partial charge in [0.25, 0.3) is 0 Å². The molecule has 18 heavy (non-hydrogen) atoms. The van der Waals surface area contributed by atoms with E-state index in [0.29, 0.717) is 0 Å². The molecule has 0 nitrogen and oxygen atoms in total. The van der Waals surface area contributed by atoms with Crippen LogP contribution >= 0.6 is 0 Å². The van der Waals surface area contributed by atoms with Crippen molar-refractivity contribution in [3.05, 3.63) is 24.3 Å².